The molecule has 1 fully saturated rings. The highest BCUT2D eigenvalue weighted by molar-refractivity contribution is 6.74. The molecule has 0 bridgehead atoms. The molecule has 0 N–H and O–H groups in total. The van der Waals surface area contributed by atoms with Crippen LogP contribution in [0.5, 0.6) is 0 Å². The fourth-order valence-electron chi connectivity index (χ4n) is 6.10. The van der Waals surface area contributed by atoms with Crippen LogP contribution in [0.3, 0.4) is 0 Å². The molecule has 0 amide bonds. The maximum atomic E-state index is 13.3. The minimum absolute atomic E-state index is 0.000394. The quantitative estimate of drug-likeness (QED) is 0.362. The van der Waals surface area contributed by atoms with Crippen LogP contribution in [0.2, 0.25) is 18.1 Å². The van der Waals surface area contributed by atoms with Crippen LogP contribution in [-0.2, 0) is 9.22 Å². The molecule has 1 aliphatic heterocycles. The van der Waals surface area contributed by atoms with Crippen LogP contribution in [0.25, 0.3) is 0 Å². The lowest BCUT2D eigenvalue weighted by Gasteiger charge is -2.52. The first-order chi connectivity index (χ1) is 17.7. The average molecular weight is 514 g/mol. The molecule has 1 heterocycles. The molecule has 4 heteroatoms. The molecule has 3 atom stereocenters. The number of allylic oxidation sites excluding steroid dienone is 3. The van der Waals surface area contributed by atoms with Crippen LogP contribution < -0.4 is 0 Å². The molecule has 0 saturated heterocycles. The van der Waals surface area contributed by atoms with Crippen molar-refractivity contribution < 1.29 is 9.22 Å². The predicted molar refractivity (Wildman–Crippen MR) is 155 cm³/mol. The molecule has 0 unspecified atom stereocenters. The standard InChI is InChI=1S/C33H43NO2Si/c1-33(2,3)37(4,5)36-32(25-17-10-7-11-18-25)31(24-15-8-6-9-16-24)34-28-20-13-12-19-26(28)23-27-29(34)21-14-22-30(27)35/h6-11,15-18,23,28,31-32H,12-14,19-22H2,1-5H3/t28-,31+,32-/m1/s1. The van der Waals surface area contributed by atoms with Crippen LogP contribution in [-0.4, -0.2) is 25.0 Å². The largest absolute Gasteiger partial charge is 0.407 e. The molecule has 5 rings (SSSR count). The number of rotatable bonds is 6. The number of carbonyl (C=O) groups excluding carboxylic acids is 1. The van der Waals surface area contributed by atoms with Crippen molar-refractivity contribution in [2.75, 3.05) is 0 Å². The van der Waals surface area contributed by atoms with Gasteiger partial charge in [0.25, 0.3) is 0 Å². The van der Waals surface area contributed by atoms with E-state index in [2.05, 4.69) is 106 Å². The molecule has 2 aromatic carbocycles. The maximum absolute atomic E-state index is 13.3. The summed E-state index contributed by atoms with van der Waals surface area (Å²) in [6.45, 7) is 11.7. The van der Waals surface area contributed by atoms with Crippen LogP contribution in [0.15, 0.2) is 83.6 Å². The van der Waals surface area contributed by atoms with Crippen molar-refractivity contribution in [3.8, 4) is 0 Å². The van der Waals surface area contributed by atoms with Crippen molar-refractivity contribution in [2.45, 2.75) is 102 Å². The summed E-state index contributed by atoms with van der Waals surface area (Å²) < 4.78 is 7.41. The highest BCUT2D eigenvalue weighted by Crippen LogP contribution is 2.51. The van der Waals surface area contributed by atoms with Crippen LogP contribution in [0.1, 0.15) is 89.0 Å². The summed E-state index contributed by atoms with van der Waals surface area (Å²) in [4.78, 5) is 15.9. The van der Waals surface area contributed by atoms with Gasteiger partial charge in [-0.3, -0.25) is 4.79 Å². The van der Waals surface area contributed by atoms with Crippen LogP contribution in [0, 0.1) is 0 Å². The van der Waals surface area contributed by atoms with Gasteiger partial charge >= 0.3 is 0 Å². The first-order valence-electron chi connectivity index (χ1n) is 14.2. The predicted octanol–water partition coefficient (Wildman–Crippen LogP) is 8.68. The van der Waals surface area contributed by atoms with Gasteiger partial charge in [0.2, 0.25) is 0 Å². The van der Waals surface area contributed by atoms with E-state index in [-0.39, 0.29) is 17.2 Å². The van der Waals surface area contributed by atoms with E-state index < -0.39 is 8.32 Å². The Morgan fingerprint density at radius 2 is 1.51 bits per heavy atom. The Kier molecular flexibility index (Phi) is 7.35. The van der Waals surface area contributed by atoms with E-state index >= 15 is 0 Å². The lowest BCUT2D eigenvalue weighted by atomic mass is 9.78. The van der Waals surface area contributed by atoms with Gasteiger partial charge in [-0.1, -0.05) is 87.9 Å². The second kappa shape index (κ2) is 10.4. The van der Waals surface area contributed by atoms with Crippen molar-refractivity contribution in [1.82, 2.24) is 4.90 Å². The average Bonchev–Trinajstić information content (AvgIpc) is 2.89. The molecule has 3 aliphatic rings. The minimum atomic E-state index is -2.13. The summed E-state index contributed by atoms with van der Waals surface area (Å²) in [7, 11) is -2.13. The Bertz CT molecular complexity index is 1180. The van der Waals surface area contributed by atoms with Crippen molar-refractivity contribution in [1.29, 1.82) is 0 Å². The number of hydrogen-bond acceptors (Lipinski definition) is 3. The van der Waals surface area contributed by atoms with E-state index in [1.807, 2.05) is 0 Å². The first-order valence-corrected chi connectivity index (χ1v) is 17.1. The number of benzene rings is 2. The molecule has 37 heavy (non-hydrogen) atoms. The second-order valence-corrected chi connectivity index (χ2v) is 17.3. The van der Waals surface area contributed by atoms with E-state index in [0.717, 1.165) is 31.3 Å². The molecular weight excluding hydrogens is 470 g/mol. The number of hydrogen-bond donors (Lipinski definition) is 0. The molecule has 0 spiro atoms. The number of carbonyl (C=O) groups is 1. The minimum Gasteiger partial charge on any atom is -0.407 e. The number of fused-ring (bicyclic) bond motifs is 1. The summed E-state index contributed by atoms with van der Waals surface area (Å²) in [5.74, 6) is 0.316. The van der Waals surface area contributed by atoms with Crippen LogP contribution in [0.4, 0.5) is 0 Å². The van der Waals surface area contributed by atoms with Gasteiger partial charge in [0.05, 0.1) is 18.2 Å². The molecule has 0 radical (unpaired) electrons. The molecule has 196 valence electrons. The van der Waals surface area contributed by atoms with Gasteiger partial charge in [-0.2, -0.15) is 0 Å². The Morgan fingerprint density at radius 1 is 0.865 bits per heavy atom. The first kappa shape index (κ1) is 26.2. The third kappa shape index (κ3) is 5.15. The van der Waals surface area contributed by atoms with Crippen LogP contribution >= 0.6 is 0 Å². The molecule has 1 saturated carbocycles. The summed E-state index contributed by atoms with van der Waals surface area (Å²) in [5.41, 5.74) is 6.16. The zero-order valence-electron chi connectivity index (χ0n) is 23.3. The zero-order chi connectivity index (χ0) is 26.2. The second-order valence-electron chi connectivity index (χ2n) is 12.6. The van der Waals surface area contributed by atoms with Crippen molar-refractivity contribution in [2.24, 2.45) is 0 Å². The fraction of sp³-hybridized carbons (Fsp3) is 0.485. The SMILES string of the molecule is CC(C)(C)[Si](C)(C)O[C@H](c1ccccc1)[C@H](c1ccccc1)N1C2=C(C=C3CCCC[C@H]31)C(=O)CCC2. The molecule has 2 aromatic rings. The summed E-state index contributed by atoms with van der Waals surface area (Å²) in [6.07, 6.45) is 9.40. The Morgan fingerprint density at radius 3 is 2.16 bits per heavy atom. The lowest BCUT2D eigenvalue weighted by molar-refractivity contribution is -0.116. The van der Waals surface area contributed by atoms with Gasteiger partial charge in [0.1, 0.15) is 0 Å². The number of nitrogens with zero attached hydrogens (tertiary/aromatic N) is 1. The zero-order valence-corrected chi connectivity index (χ0v) is 24.3. The molecule has 3 nitrogen and oxygen atoms in total. The van der Waals surface area contributed by atoms with Gasteiger partial charge in [-0.25, -0.2) is 0 Å². The summed E-state index contributed by atoms with van der Waals surface area (Å²) in [5, 5.41) is 0.0876. The van der Waals surface area contributed by atoms with Crippen molar-refractivity contribution >= 4 is 14.1 Å². The third-order valence-corrected chi connectivity index (χ3v) is 13.6. The van der Waals surface area contributed by atoms with E-state index in [1.54, 1.807) is 0 Å². The lowest BCUT2D eigenvalue weighted by Crippen LogP contribution is -2.49. The Labute approximate surface area is 224 Å². The number of ketones is 1. The third-order valence-electron chi connectivity index (χ3n) is 9.11. The van der Waals surface area contributed by atoms with E-state index in [9.17, 15) is 4.79 Å². The smallest absolute Gasteiger partial charge is 0.193 e. The van der Waals surface area contributed by atoms with E-state index in [4.69, 9.17) is 4.43 Å². The molecule has 0 aromatic heterocycles. The van der Waals surface area contributed by atoms with Crippen molar-refractivity contribution in [3.05, 3.63) is 94.7 Å². The monoisotopic (exact) mass is 513 g/mol. The van der Waals surface area contributed by atoms with E-state index in [0.29, 0.717) is 18.2 Å². The van der Waals surface area contributed by atoms with Crippen molar-refractivity contribution in [3.63, 3.8) is 0 Å². The normalized spacial score (nSPS) is 22.2. The Hall–Kier alpha value is -2.43. The Balaban J connectivity index is 1.72. The summed E-state index contributed by atoms with van der Waals surface area (Å²) >= 11 is 0. The summed E-state index contributed by atoms with van der Waals surface area (Å²) in [6, 6.07) is 22.1. The highest BCUT2D eigenvalue weighted by Gasteiger charge is 2.46. The van der Waals surface area contributed by atoms with Gasteiger partial charge in [0.15, 0.2) is 14.1 Å². The highest BCUT2D eigenvalue weighted by atomic mass is 28.4. The maximum Gasteiger partial charge on any atom is 0.193 e. The van der Waals surface area contributed by atoms with Gasteiger partial charge in [-0.05, 0) is 73.0 Å². The van der Waals surface area contributed by atoms with Gasteiger partial charge < -0.3 is 9.33 Å². The fourth-order valence-corrected chi connectivity index (χ4v) is 7.36. The van der Waals surface area contributed by atoms with E-state index in [1.165, 1.54) is 35.2 Å². The topological polar surface area (TPSA) is 29.5 Å². The van der Waals surface area contributed by atoms with Gasteiger partial charge in [0, 0.05) is 17.7 Å². The molecular formula is C33H43NO2Si. The number of Topliss-reactive ketones (excluding diaryl/α,β-unsaturated/α-hetero) is 1. The molecule has 2 aliphatic carbocycles. The van der Waals surface area contributed by atoms with Gasteiger partial charge in [-0.15, -0.1) is 0 Å².